The highest BCUT2D eigenvalue weighted by atomic mass is 35.5. The topological polar surface area (TPSA) is 75.4 Å². The van der Waals surface area contributed by atoms with E-state index >= 15 is 0 Å². The minimum Gasteiger partial charge on any atom is -0.352 e. The summed E-state index contributed by atoms with van der Waals surface area (Å²) in [5, 5.41) is 2.81. The fourth-order valence-electron chi connectivity index (χ4n) is 2.14. The second-order valence-corrected chi connectivity index (χ2v) is 4.60. The van der Waals surface area contributed by atoms with Crippen LogP contribution in [0.25, 0.3) is 0 Å². The van der Waals surface area contributed by atoms with Crippen LogP contribution < -0.4 is 16.0 Å². The molecule has 1 aromatic rings. The summed E-state index contributed by atoms with van der Waals surface area (Å²) in [6.07, 6.45) is 2.23. The SMILES string of the molecule is Cl.NCCCNC(=O)c1cccc(N2CCCC2=O)c1. The highest BCUT2D eigenvalue weighted by Gasteiger charge is 2.22. The van der Waals surface area contributed by atoms with Gasteiger partial charge in [0.15, 0.2) is 0 Å². The van der Waals surface area contributed by atoms with Gasteiger partial charge in [0.1, 0.15) is 0 Å². The Morgan fingerprint density at radius 2 is 2.20 bits per heavy atom. The Labute approximate surface area is 124 Å². The lowest BCUT2D eigenvalue weighted by Crippen LogP contribution is -2.27. The average molecular weight is 298 g/mol. The number of amides is 2. The number of carbonyl (C=O) groups excluding carboxylic acids is 2. The Balaban J connectivity index is 0.00000200. The molecule has 0 unspecified atom stereocenters. The van der Waals surface area contributed by atoms with Gasteiger partial charge in [-0.2, -0.15) is 0 Å². The highest BCUT2D eigenvalue weighted by molar-refractivity contribution is 5.99. The standard InChI is InChI=1S/C14H19N3O2.ClH/c15-7-3-8-16-14(19)11-4-1-5-12(10-11)17-9-2-6-13(17)18;/h1,4-5,10H,2-3,6-9,15H2,(H,16,19);1H. The van der Waals surface area contributed by atoms with Gasteiger partial charge in [0, 0.05) is 30.8 Å². The Bertz CT molecular complexity index is 479. The molecule has 0 spiro atoms. The van der Waals surface area contributed by atoms with E-state index in [0.29, 0.717) is 25.1 Å². The van der Waals surface area contributed by atoms with Crippen molar-refractivity contribution in [3.8, 4) is 0 Å². The lowest BCUT2D eigenvalue weighted by Gasteiger charge is -2.16. The first-order valence-electron chi connectivity index (χ1n) is 6.61. The molecule has 1 aliphatic rings. The van der Waals surface area contributed by atoms with Crippen LogP contribution in [0.5, 0.6) is 0 Å². The molecule has 1 aromatic carbocycles. The summed E-state index contributed by atoms with van der Waals surface area (Å²) in [5.74, 6) is 0.00244. The summed E-state index contributed by atoms with van der Waals surface area (Å²) < 4.78 is 0. The van der Waals surface area contributed by atoms with Gasteiger partial charge in [-0.15, -0.1) is 12.4 Å². The van der Waals surface area contributed by atoms with Gasteiger partial charge in [0.2, 0.25) is 5.91 Å². The van der Waals surface area contributed by atoms with E-state index in [1.165, 1.54) is 0 Å². The predicted octanol–water partition coefficient (Wildman–Crippen LogP) is 1.31. The first kappa shape index (κ1) is 16.5. The molecule has 5 nitrogen and oxygen atoms in total. The number of carbonyl (C=O) groups is 2. The molecule has 0 aliphatic carbocycles. The van der Waals surface area contributed by atoms with Gasteiger partial charge in [-0.1, -0.05) is 6.07 Å². The van der Waals surface area contributed by atoms with Crippen LogP contribution in [-0.4, -0.2) is 31.4 Å². The van der Waals surface area contributed by atoms with Gasteiger partial charge in [-0.25, -0.2) is 0 Å². The number of nitrogens with one attached hydrogen (secondary N) is 1. The molecule has 0 aromatic heterocycles. The fraction of sp³-hybridized carbons (Fsp3) is 0.429. The van der Waals surface area contributed by atoms with Gasteiger partial charge in [0.05, 0.1) is 0 Å². The molecule has 3 N–H and O–H groups in total. The molecule has 0 bridgehead atoms. The summed E-state index contributed by atoms with van der Waals surface area (Å²) in [7, 11) is 0. The quantitative estimate of drug-likeness (QED) is 0.805. The zero-order chi connectivity index (χ0) is 13.7. The Morgan fingerprint density at radius 1 is 1.40 bits per heavy atom. The van der Waals surface area contributed by atoms with E-state index in [0.717, 1.165) is 25.1 Å². The summed E-state index contributed by atoms with van der Waals surface area (Å²) in [6, 6.07) is 7.18. The molecule has 0 atom stereocenters. The third kappa shape index (κ3) is 3.95. The molecule has 1 saturated heterocycles. The summed E-state index contributed by atoms with van der Waals surface area (Å²) in [5.41, 5.74) is 6.76. The van der Waals surface area contributed by atoms with E-state index in [9.17, 15) is 9.59 Å². The molecule has 2 amide bonds. The van der Waals surface area contributed by atoms with Crippen LogP contribution in [-0.2, 0) is 4.79 Å². The van der Waals surface area contributed by atoms with Crippen molar-refractivity contribution in [1.82, 2.24) is 5.32 Å². The van der Waals surface area contributed by atoms with Gasteiger partial charge < -0.3 is 16.0 Å². The van der Waals surface area contributed by atoms with E-state index in [2.05, 4.69) is 5.32 Å². The van der Waals surface area contributed by atoms with Crippen LogP contribution in [0.2, 0.25) is 0 Å². The van der Waals surface area contributed by atoms with E-state index in [-0.39, 0.29) is 24.2 Å². The first-order valence-corrected chi connectivity index (χ1v) is 6.61. The van der Waals surface area contributed by atoms with E-state index in [1.54, 1.807) is 23.1 Å². The van der Waals surface area contributed by atoms with E-state index in [4.69, 9.17) is 5.73 Å². The maximum atomic E-state index is 11.9. The molecule has 110 valence electrons. The summed E-state index contributed by atoms with van der Waals surface area (Å²) >= 11 is 0. The molecular weight excluding hydrogens is 278 g/mol. The molecule has 6 heteroatoms. The molecule has 1 aliphatic heterocycles. The van der Waals surface area contributed by atoms with Crippen molar-refractivity contribution in [2.45, 2.75) is 19.3 Å². The highest BCUT2D eigenvalue weighted by Crippen LogP contribution is 2.22. The van der Waals surface area contributed by atoms with Crippen LogP contribution >= 0.6 is 12.4 Å². The minimum atomic E-state index is -0.123. The Hall–Kier alpha value is -1.59. The van der Waals surface area contributed by atoms with E-state index < -0.39 is 0 Å². The smallest absolute Gasteiger partial charge is 0.251 e. The average Bonchev–Trinajstić information content (AvgIpc) is 2.85. The molecule has 20 heavy (non-hydrogen) atoms. The van der Waals surface area contributed by atoms with Crippen LogP contribution in [0.4, 0.5) is 5.69 Å². The van der Waals surface area contributed by atoms with Crippen molar-refractivity contribution in [1.29, 1.82) is 0 Å². The number of halogens is 1. The van der Waals surface area contributed by atoms with Crippen LogP contribution in [0.1, 0.15) is 29.6 Å². The molecule has 0 radical (unpaired) electrons. The first-order chi connectivity index (χ1) is 9.22. The van der Waals surface area contributed by atoms with Crippen molar-refractivity contribution in [3.05, 3.63) is 29.8 Å². The largest absolute Gasteiger partial charge is 0.352 e. The van der Waals surface area contributed by atoms with Gasteiger partial charge >= 0.3 is 0 Å². The maximum Gasteiger partial charge on any atom is 0.251 e. The van der Waals surface area contributed by atoms with Gasteiger partial charge in [-0.3, -0.25) is 9.59 Å². The fourth-order valence-corrected chi connectivity index (χ4v) is 2.14. The lowest BCUT2D eigenvalue weighted by molar-refractivity contribution is -0.117. The molecular formula is C14H20ClN3O2. The van der Waals surface area contributed by atoms with E-state index in [1.807, 2.05) is 6.07 Å². The van der Waals surface area contributed by atoms with Crippen molar-refractivity contribution >= 4 is 29.9 Å². The molecule has 0 saturated carbocycles. The molecule has 2 rings (SSSR count). The van der Waals surface area contributed by atoms with Crippen LogP contribution in [0.15, 0.2) is 24.3 Å². The van der Waals surface area contributed by atoms with Crippen LogP contribution in [0, 0.1) is 0 Å². The van der Waals surface area contributed by atoms with Gasteiger partial charge in [0.25, 0.3) is 5.91 Å². The zero-order valence-electron chi connectivity index (χ0n) is 11.3. The number of anilines is 1. The number of benzene rings is 1. The number of nitrogens with two attached hydrogens (primary N) is 1. The second kappa shape index (κ2) is 7.87. The minimum absolute atomic E-state index is 0. The number of nitrogens with zero attached hydrogens (tertiary/aromatic N) is 1. The number of hydrogen-bond acceptors (Lipinski definition) is 3. The summed E-state index contributed by atoms with van der Waals surface area (Å²) in [6.45, 7) is 1.86. The third-order valence-electron chi connectivity index (χ3n) is 3.16. The normalized spacial score (nSPS) is 14.1. The Kier molecular flexibility index (Phi) is 6.48. The van der Waals surface area contributed by atoms with Crippen molar-refractivity contribution in [3.63, 3.8) is 0 Å². The molecule has 1 heterocycles. The lowest BCUT2D eigenvalue weighted by atomic mass is 10.1. The monoisotopic (exact) mass is 297 g/mol. The third-order valence-corrected chi connectivity index (χ3v) is 3.16. The second-order valence-electron chi connectivity index (χ2n) is 4.60. The number of hydrogen-bond donors (Lipinski definition) is 2. The number of rotatable bonds is 5. The van der Waals surface area contributed by atoms with Crippen molar-refractivity contribution in [2.75, 3.05) is 24.5 Å². The Morgan fingerprint density at radius 3 is 2.85 bits per heavy atom. The van der Waals surface area contributed by atoms with Crippen molar-refractivity contribution < 1.29 is 9.59 Å². The van der Waals surface area contributed by atoms with Crippen molar-refractivity contribution in [2.24, 2.45) is 5.73 Å². The summed E-state index contributed by atoms with van der Waals surface area (Å²) in [4.78, 5) is 25.3. The van der Waals surface area contributed by atoms with Crippen LogP contribution in [0.3, 0.4) is 0 Å². The van der Waals surface area contributed by atoms with Gasteiger partial charge in [-0.05, 0) is 37.6 Å². The zero-order valence-corrected chi connectivity index (χ0v) is 12.1. The predicted molar refractivity (Wildman–Crippen MR) is 81.3 cm³/mol. The maximum absolute atomic E-state index is 11.9. The molecule has 1 fully saturated rings.